The van der Waals surface area contributed by atoms with Crippen molar-refractivity contribution in [3.05, 3.63) is 105 Å². The predicted molar refractivity (Wildman–Crippen MR) is 126 cm³/mol. The SMILES string of the molecule is O=C1NC(=O)N(Cc2ccccc2)C(=O)/C1=C/c1ccc(OCc2ccc(Cl)cc2Cl)cc1. The Bertz CT molecular complexity index is 1240. The summed E-state index contributed by atoms with van der Waals surface area (Å²) >= 11 is 12.1. The maximum atomic E-state index is 12.9. The monoisotopic (exact) mass is 480 g/mol. The Labute approximate surface area is 200 Å². The first-order chi connectivity index (χ1) is 15.9. The van der Waals surface area contributed by atoms with E-state index in [-0.39, 0.29) is 18.7 Å². The number of barbiturate groups is 1. The second-order valence-corrected chi connectivity index (χ2v) is 8.13. The number of nitrogens with one attached hydrogen (secondary N) is 1. The van der Waals surface area contributed by atoms with E-state index in [2.05, 4.69) is 5.32 Å². The summed E-state index contributed by atoms with van der Waals surface area (Å²) in [6.07, 6.45) is 1.45. The fraction of sp³-hybridized carbons (Fsp3) is 0.0800. The number of hydrogen-bond donors (Lipinski definition) is 1. The van der Waals surface area contributed by atoms with Crippen LogP contribution in [0.15, 0.2) is 78.4 Å². The van der Waals surface area contributed by atoms with Gasteiger partial charge < -0.3 is 4.74 Å². The lowest BCUT2D eigenvalue weighted by molar-refractivity contribution is -0.130. The molecule has 1 saturated heterocycles. The lowest BCUT2D eigenvalue weighted by Gasteiger charge is -2.26. The molecule has 0 radical (unpaired) electrons. The Kier molecular flexibility index (Phi) is 6.77. The molecule has 0 atom stereocenters. The van der Waals surface area contributed by atoms with Crippen molar-refractivity contribution in [2.24, 2.45) is 0 Å². The van der Waals surface area contributed by atoms with E-state index in [1.54, 1.807) is 54.6 Å². The number of halogens is 2. The Morgan fingerprint density at radius 2 is 1.64 bits per heavy atom. The predicted octanol–water partition coefficient (Wildman–Crippen LogP) is 5.23. The van der Waals surface area contributed by atoms with Crippen LogP contribution in [0.25, 0.3) is 6.08 Å². The van der Waals surface area contributed by atoms with Gasteiger partial charge in [-0.3, -0.25) is 19.8 Å². The Morgan fingerprint density at radius 3 is 2.33 bits per heavy atom. The Morgan fingerprint density at radius 1 is 0.909 bits per heavy atom. The third-order valence-electron chi connectivity index (χ3n) is 4.97. The zero-order chi connectivity index (χ0) is 23.4. The number of carbonyl (C=O) groups excluding carboxylic acids is 3. The quantitative estimate of drug-likeness (QED) is 0.386. The molecule has 0 saturated carbocycles. The summed E-state index contributed by atoms with van der Waals surface area (Å²) in [4.78, 5) is 38.4. The van der Waals surface area contributed by atoms with Crippen molar-refractivity contribution in [2.45, 2.75) is 13.2 Å². The van der Waals surface area contributed by atoms with Crippen LogP contribution in [0, 0.1) is 0 Å². The first-order valence-corrected chi connectivity index (χ1v) is 10.8. The average Bonchev–Trinajstić information content (AvgIpc) is 2.80. The summed E-state index contributed by atoms with van der Waals surface area (Å²) < 4.78 is 5.75. The molecule has 1 fully saturated rings. The molecule has 6 nitrogen and oxygen atoms in total. The summed E-state index contributed by atoms with van der Waals surface area (Å²) in [5.74, 6) is -0.791. The zero-order valence-corrected chi connectivity index (χ0v) is 18.8. The number of urea groups is 1. The maximum absolute atomic E-state index is 12.9. The molecule has 0 bridgehead atoms. The molecule has 0 aromatic heterocycles. The van der Waals surface area contributed by atoms with Crippen molar-refractivity contribution in [3.63, 3.8) is 0 Å². The van der Waals surface area contributed by atoms with Crippen LogP contribution >= 0.6 is 23.2 Å². The van der Waals surface area contributed by atoms with Crippen molar-refractivity contribution < 1.29 is 19.1 Å². The van der Waals surface area contributed by atoms with E-state index >= 15 is 0 Å². The summed E-state index contributed by atoms with van der Waals surface area (Å²) in [6.45, 7) is 0.323. The van der Waals surface area contributed by atoms with Gasteiger partial charge in [0.2, 0.25) is 0 Å². The summed E-state index contributed by atoms with van der Waals surface area (Å²) in [7, 11) is 0. The molecule has 0 spiro atoms. The molecule has 166 valence electrons. The lowest BCUT2D eigenvalue weighted by Crippen LogP contribution is -2.53. The van der Waals surface area contributed by atoms with Crippen LogP contribution in [0.2, 0.25) is 10.0 Å². The highest BCUT2D eigenvalue weighted by molar-refractivity contribution is 6.35. The number of carbonyl (C=O) groups is 3. The van der Waals surface area contributed by atoms with Gasteiger partial charge in [-0.2, -0.15) is 0 Å². The van der Waals surface area contributed by atoms with Crippen LogP contribution in [0.1, 0.15) is 16.7 Å². The van der Waals surface area contributed by atoms with Crippen molar-refractivity contribution >= 4 is 47.1 Å². The minimum Gasteiger partial charge on any atom is -0.489 e. The molecule has 0 unspecified atom stereocenters. The van der Waals surface area contributed by atoms with E-state index < -0.39 is 17.8 Å². The Balaban J connectivity index is 1.47. The standard InChI is InChI=1S/C25H18Cl2N2O4/c26-19-9-8-18(22(27)13-19)15-33-20-10-6-16(7-11-20)12-21-23(30)28-25(32)29(24(21)31)14-17-4-2-1-3-5-17/h1-13H,14-15H2,(H,28,30,32)/b21-12+. The summed E-state index contributed by atoms with van der Waals surface area (Å²) in [6, 6.07) is 20.4. The normalized spacial score (nSPS) is 15.0. The van der Waals surface area contributed by atoms with Gasteiger partial charge in [-0.15, -0.1) is 0 Å². The largest absolute Gasteiger partial charge is 0.489 e. The van der Waals surface area contributed by atoms with Crippen molar-refractivity contribution in [1.82, 2.24) is 10.2 Å². The van der Waals surface area contributed by atoms with Crippen LogP contribution in [-0.2, 0) is 22.7 Å². The summed E-state index contributed by atoms with van der Waals surface area (Å²) in [5.41, 5.74) is 2.06. The second-order valence-electron chi connectivity index (χ2n) is 7.29. The third-order valence-corrected chi connectivity index (χ3v) is 5.56. The number of ether oxygens (including phenoxy) is 1. The third kappa shape index (κ3) is 5.42. The van der Waals surface area contributed by atoms with E-state index in [9.17, 15) is 14.4 Å². The molecule has 1 aliphatic rings. The fourth-order valence-corrected chi connectivity index (χ4v) is 3.69. The maximum Gasteiger partial charge on any atom is 0.331 e. The van der Waals surface area contributed by atoms with E-state index in [0.717, 1.165) is 16.0 Å². The molecule has 8 heteroatoms. The number of rotatable bonds is 6. The minimum atomic E-state index is -0.740. The number of imide groups is 2. The first kappa shape index (κ1) is 22.6. The van der Waals surface area contributed by atoms with Gasteiger partial charge in [0.25, 0.3) is 11.8 Å². The molecule has 3 aromatic carbocycles. The highest BCUT2D eigenvalue weighted by Crippen LogP contribution is 2.24. The smallest absolute Gasteiger partial charge is 0.331 e. The zero-order valence-electron chi connectivity index (χ0n) is 17.3. The number of benzene rings is 3. The number of amides is 4. The fourth-order valence-electron chi connectivity index (χ4n) is 3.23. The molecule has 0 aliphatic carbocycles. The highest BCUT2D eigenvalue weighted by Gasteiger charge is 2.35. The number of nitrogens with zero attached hydrogens (tertiary/aromatic N) is 1. The molecule has 3 aromatic rings. The van der Waals surface area contributed by atoms with Gasteiger partial charge in [-0.05, 0) is 41.5 Å². The van der Waals surface area contributed by atoms with Gasteiger partial charge in [-0.1, -0.05) is 71.7 Å². The molecule has 1 aliphatic heterocycles. The van der Waals surface area contributed by atoms with Gasteiger partial charge in [0.15, 0.2) is 0 Å². The van der Waals surface area contributed by atoms with Gasteiger partial charge >= 0.3 is 6.03 Å². The van der Waals surface area contributed by atoms with Crippen molar-refractivity contribution in [1.29, 1.82) is 0 Å². The van der Waals surface area contributed by atoms with Crippen LogP contribution in [0.4, 0.5) is 4.79 Å². The molecule has 33 heavy (non-hydrogen) atoms. The van der Waals surface area contributed by atoms with Crippen LogP contribution in [0.5, 0.6) is 5.75 Å². The Hall–Kier alpha value is -3.61. The minimum absolute atomic E-state index is 0.0656. The van der Waals surface area contributed by atoms with Gasteiger partial charge in [0.1, 0.15) is 17.9 Å². The van der Waals surface area contributed by atoms with Crippen LogP contribution in [-0.4, -0.2) is 22.7 Å². The van der Waals surface area contributed by atoms with Crippen molar-refractivity contribution in [3.8, 4) is 5.75 Å². The lowest BCUT2D eigenvalue weighted by atomic mass is 10.1. The number of hydrogen-bond acceptors (Lipinski definition) is 4. The van der Waals surface area contributed by atoms with Gasteiger partial charge in [-0.25, -0.2) is 4.79 Å². The second kappa shape index (κ2) is 9.90. The molecule has 1 heterocycles. The highest BCUT2D eigenvalue weighted by atomic mass is 35.5. The van der Waals surface area contributed by atoms with Crippen LogP contribution in [0.3, 0.4) is 0 Å². The molecule has 4 amide bonds. The van der Waals surface area contributed by atoms with Gasteiger partial charge in [0.05, 0.1) is 6.54 Å². The van der Waals surface area contributed by atoms with E-state index in [1.807, 2.05) is 18.2 Å². The first-order valence-electron chi connectivity index (χ1n) is 10.0. The summed E-state index contributed by atoms with van der Waals surface area (Å²) in [5, 5.41) is 3.28. The topological polar surface area (TPSA) is 75.7 Å². The van der Waals surface area contributed by atoms with Crippen LogP contribution < -0.4 is 10.1 Å². The van der Waals surface area contributed by atoms with E-state index in [4.69, 9.17) is 27.9 Å². The van der Waals surface area contributed by atoms with E-state index in [1.165, 1.54) is 6.08 Å². The van der Waals surface area contributed by atoms with Crippen molar-refractivity contribution in [2.75, 3.05) is 0 Å². The van der Waals surface area contributed by atoms with Gasteiger partial charge in [0, 0.05) is 15.6 Å². The molecule has 1 N–H and O–H groups in total. The molecular weight excluding hydrogens is 463 g/mol. The molecule has 4 rings (SSSR count). The average molecular weight is 481 g/mol. The van der Waals surface area contributed by atoms with E-state index in [0.29, 0.717) is 21.4 Å². The molecular formula is C25H18Cl2N2O4.